The van der Waals surface area contributed by atoms with Crippen molar-refractivity contribution in [2.24, 2.45) is 0 Å². The van der Waals surface area contributed by atoms with E-state index in [-0.39, 0.29) is 12.5 Å². The maximum absolute atomic E-state index is 12.3. The van der Waals surface area contributed by atoms with Gasteiger partial charge in [-0.2, -0.15) is 0 Å². The van der Waals surface area contributed by atoms with Crippen molar-refractivity contribution < 1.29 is 19.0 Å². The van der Waals surface area contributed by atoms with E-state index < -0.39 is 0 Å². The molecular weight excluding hydrogens is 392 g/mol. The topological polar surface area (TPSA) is 68.8 Å². The molecule has 31 heavy (non-hydrogen) atoms. The lowest BCUT2D eigenvalue weighted by atomic mass is 10.2. The van der Waals surface area contributed by atoms with Gasteiger partial charge in [-0.05, 0) is 37.6 Å². The molecule has 0 unspecified atom stereocenters. The van der Waals surface area contributed by atoms with E-state index in [0.29, 0.717) is 26.4 Å². The molecule has 2 N–H and O–H groups in total. The highest BCUT2D eigenvalue weighted by molar-refractivity contribution is 5.93. The number of nitrogens with one attached hydrogen (secondary N) is 2. The van der Waals surface area contributed by atoms with Crippen LogP contribution in [0.1, 0.15) is 46.0 Å². The molecule has 0 radical (unpaired) electrons. The van der Waals surface area contributed by atoms with E-state index >= 15 is 0 Å². The number of benzene rings is 2. The number of rotatable bonds is 16. The Morgan fingerprint density at radius 3 is 2.23 bits per heavy atom. The molecule has 2 aromatic rings. The number of hydrogen-bond acceptors (Lipinski definition) is 5. The molecule has 2 aromatic carbocycles. The van der Waals surface area contributed by atoms with Crippen LogP contribution in [0.5, 0.6) is 11.5 Å². The molecule has 0 aliphatic heterocycles. The Kier molecular flexibility index (Phi) is 12.0. The fourth-order valence-electron chi connectivity index (χ4n) is 3.01. The van der Waals surface area contributed by atoms with Gasteiger partial charge in [0.15, 0.2) is 0 Å². The van der Waals surface area contributed by atoms with Gasteiger partial charge in [0.05, 0.1) is 19.8 Å². The van der Waals surface area contributed by atoms with Crippen LogP contribution in [-0.4, -0.2) is 38.9 Å². The Morgan fingerprint density at radius 1 is 0.806 bits per heavy atom. The van der Waals surface area contributed by atoms with Gasteiger partial charge in [0.1, 0.15) is 18.1 Å². The van der Waals surface area contributed by atoms with Crippen LogP contribution in [0, 0.1) is 0 Å². The van der Waals surface area contributed by atoms with Crippen LogP contribution in [0.4, 0.5) is 11.4 Å². The second-order valence-corrected chi connectivity index (χ2v) is 7.27. The molecule has 0 saturated carbocycles. The van der Waals surface area contributed by atoms with Gasteiger partial charge in [0.25, 0.3) is 0 Å². The van der Waals surface area contributed by atoms with Crippen molar-refractivity contribution in [3.63, 3.8) is 0 Å². The van der Waals surface area contributed by atoms with Gasteiger partial charge in [-0.25, -0.2) is 0 Å². The van der Waals surface area contributed by atoms with E-state index in [1.54, 1.807) is 0 Å². The molecule has 0 atom stereocenters. The highest BCUT2D eigenvalue weighted by atomic mass is 16.5. The van der Waals surface area contributed by atoms with Gasteiger partial charge < -0.3 is 24.8 Å². The van der Waals surface area contributed by atoms with Gasteiger partial charge in [0, 0.05) is 30.1 Å². The van der Waals surface area contributed by atoms with Crippen LogP contribution in [0.2, 0.25) is 0 Å². The molecular formula is C25H36N2O4. The first-order valence-electron chi connectivity index (χ1n) is 11.3. The first kappa shape index (κ1) is 24.5. The standard InChI is InChI=1S/C25H36N2O4/c1-3-5-6-7-8-15-30-24-14-10-12-22(19-24)27-25(28)20-26-21-11-9-13-23(18-21)31-17-16-29-4-2/h9-14,18-19,26H,3-8,15-17,20H2,1-2H3,(H,27,28). The molecule has 6 heteroatoms. The maximum atomic E-state index is 12.3. The summed E-state index contributed by atoms with van der Waals surface area (Å²) in [5, 5.41) is 6.03. The summed E-state index contributed by atoms with van der Waals surface area (Å²) in [7, 11) is 0. The Bertz CT molecular complexity index is 767. The summed E-state index contributed by atoms with van der Waals surface area (Å²) in [6.45, 7) is 6.75. The third kappa shape index (κ3) is 10.7. The summed E-state index contributed by atoms with van der Waals surface area (Å²) >= 11 is 0. The SMILES string of the molecule is CCCCCCCOc1cccc(NC(=O)CNc2cccc(OCCOCC)c2)c1. The molecule has 1 amide bonds. The van der Waals surface area contributed by atoms with Crippen LogP contribution in [0.15, 0.2) is 48.5 Å². The number of carbonyl (C=O) groups excluding carboxylic acids is 1. The smallest absolute Gasteiger partial charge is 0.243 e. The van der Waals surface area contributed by atoms with Crippen LogP contribution < -0.4 is 20.1 Å². The van der Waals surface area contributed by atoms with Crippen LogP contribution in [0.25, 0.3) is 0 Å². The molecule has 6 nitrogen and oxygen atoms in total. The van der Waals surface area contributed by atoms with Crippen molar-refractivity contribution in [2.45, 2.75) is 46.0 Å². The second-order valence-electron chi connectivity index (χ2n) is 7.27. The fourth-order valence-corrected chi connectivity index (χ4v) is 3.01. The quantitative estimate of drug-likeness (QED) is 0.346. The molecule has 0 saturated heterocycles. The molecule has 0 spiro atoms. The largest absolute Gasteiger partial charge is 0.494 e. The van der Waals surface area contributed by atoms with E-state index in [0.717, 1.165) is 29.3 Å². The minimum absolute atomic E-state index is 0.126. The zero-order valence-electron chi connectivity index (χ0n) is 18.8. The van der Waals surface area contributed by atoms with Crippen molar-refractivity contribution in [3.8, 4) is 11.5 Å². The molecule has 0 aliphatic rings. The van der Waals surface area contributed by atoms with E-state index in [1.165, 1.54) is 25.7 Å². The number of hydrogen-bond donors (Lipinski definition) is 2. The molecule has 0 aliphatic carbocycles. The lowest BCUT2D eigenvalue weighted by molar-refractivity contribution is -0.114. The first-order chi connectivity index (χ1) is 15.2. The summed E-state index contributed by atoms with van der Waals surface area (Å²) in [6.07, 6.45) is 6.01. The molecule has 0 bridgehead atoms. The molecule has 170 valence electrons. The summed E-state index contributed by atoms with van der Waals surface area (Å²) in [6, 6.07) is 15.1. The zero-order chi connectivity index (χ0) is 22.2. The summed E-state index contributed by atoms with van der Waals surface area (Å²) in [4.78, 5) is 12.3. The highest BCUT2D eigenvalue weighted by Gasteiger charge is 2.05. The molecule has 0 heterocycles. The monoisotopic (exact) mass is 428 g/mol. The number of amides is 1. The third-order valence-electron chi connectivity index (χ3n) is 4.62. The normalized spacial score (nSPS) is 10.5. The van der Waals surface area contributed by atoms with E-state index in [2.05, 4.69) is 17.6 Å². The van der Waals surface area contributed by atoms with Crippen molar-refractivity contribution >= 4 is 17.3 Å². The predicted octanol–water partition coefficient (Wildman–Crippen LogP) is 5.50. The number of anilines is 2. The van der Waals surface area contributed by atoms with Crippen LogP contribution >= 0.6 is 0 Å². The summed E-state index contributed by atoms with van der Waals surface area (Å²) in [5.41, 5.74) is 1.55. The molecule has 0 aromatic heterocycles. The lowest BCUT2D eigenvalue weighted by Crippen LogP contribution is -2.21. The molecule has 2 rings (SSSR count). The van der Waals surface area contributed by atoms with Gasteiger partial charge in [-0.1, -0.05) is 44.7 Å². The fraction of sp³-hybridized carbons (Fsp3) is 0.480. The average Bonchev–Trinajstić information content (AvgIpc) is 2.78. The lowest BCUT2D eigenvalue weighted by Gasteiger charge is -2.11. The Balaban J connectivity index is 1.72. The van der Waals surface area contributed by atoms with E-state index in [4.69, 9.17) is 14.2 Å². The highest BCUT2D eigenvalue weighted by Crippen LogP contribution is 2.19. The number of ether oxygens (including phenoxy) is 3. The molecule has 0 fully saturated rings. The van der Waals surface area contributed by atoms with Crippen LogP contribution in [-0.2, 0) is 9.53 Å². The maximum Gasteiger partial charge on any atom is 0.243 e. The van der Waals surface area contributed by atoms with Crippen molar-refractivity contribution in [2.75, 3.05) is 43.6 Å². The van der Waals surface area contributed by atoms with Gasteiger partial charge >= 0.3 is 0 Å². The first-order valence-corrected chi connectivity index (χ1v) is 11.3. The van der Waals surface area contributed by atoms with Gasteiger partial charge in [-0.3, -0.25) is 4.79 Å². The minimum atomic E-state index is -0.126. The number of carbonyl (C=O) groups is 1. The zero-order valence-corrected chi connectivity index (χ0v) is 18.8. The Labute approximate surface area is 186 Å². The Hall–Kier alpha value is -2.73. The Morgan fingerprint density at radius 2 is 1.48 bits per heavy atom. The summed E-state index contributed by atoms with van der Waals surface area (Å²) in [5.74, 6) is 1.39. The van der Waals surface area contributed by atoms with E-state index in [1.807, 2.05) is 55.5 Å². The van der Waals surface area contributed by atoms with Crippen molar-refractivity contribution in [1.82, 2.24) is 0 Å². The predicted molar refractivity (Wildman–Crippen MR) is 126 cm³/mol. The third-order valence-corrected chi connectivity index (χ3v) is 4.62. The van der Waals surface area contributed by atoms with Crippen molar-refractivity contribution in [3.05, 3.63) is 48.5 Å². The average molecular weight is 429 g/mol. The number of unbranched alkanes of at least 4 members (excludes halogenated alkanes) is 4. The van der Waals surface area contributed by atoms with Crippen LogP contribution in [0.3, 0.4) is 0 Å². The van der Waals surface area contributed by atoms with E-state index in [9.17, 15) is 4.79 Å². The second kappa shape index (κ2) is 15.1. The minimum Gasteiger partial charge on any atom is -0.494 e. The van der Waals surface area contributed by atoms with Gasteiger partial charge in [-0.15, -0.1) is 0 Å². The van der Waals surface area contributed by atoms with Crippen molar-refractivity contribution in [1.29, 1.82) is 0 Å². The summed E-state index contributed by atoms with van der Waals surface area (Å²) < 4.78 is 16.7. The van der Waals surface area contributed by atoms with Gasteiger partial charge in [0.2, 0.25) is 5.91 Å².